The Hall–Kier alpha value is -3.31. The highest BCUT2D eigenvalue weighted by molar-refractivity contribution is 8.76. The minimum Gasteiger partial charge on any atom is -0.480 e. The number of hydrogen-bond acceptors (Lipinski definition) is 7. The lowest BCUT2D eigenvalue weighted by atomic mass is 10.1. The van der Waals surface area contributed by atoms with Crippen molar-refractivity contribution in [3.8, 4) is 0 Å². The van der Waals surface area contributed by atoms with Crippen molar-refractivity contribution in [1.82, 2.24) is 16.0 Å². The van der Waals surface area contributed by atoms with Gasteiger partial charge in [-0.15, -0.1) is 0 Å². The molecular weight excluding hydrogens is 623 g/mol. The Bertz CT molecular complexity index is 1080. The normalized spacial score (nSPS) is 13.4. The average Bonchev–Trinajstić information content (AvgIpc) is 3.00. The Labute approximate surface area is 283 Å². The third kappa shape index (κ3) is 28.2. The van der Waals surface area contributed by atoms with Gasteiger partial charge in [-0.3, -0.25) is 19.2 Å². The third-order valence-corrected chi connectivity index (χ3v) is 8.46. The summed E-state index contributed by atoms with van der Waals surface area (Å²) in [6.07, 6.45) is 33.5. The second kappa shape index (κ2) is 30.3. The van der Waals surface area contributed by atoms with Crippen LogP contribution in [0.5, 0.6) is 0 Å². The number of nitrogens with one attached hydrogen (secondary N) is 3. The molecule has 0 heterocycles. The fraction of sp³-hybridized carbons (Fsp3) is 0.514. The molecule has 0 aliphatic heterocycles. The second-order valence-electron chi connectivity index (χ2n) is 10.3. The van der Waals surface area contributed by atoms with Gasteiger partial charge in [-0.25, -0.2) is 4.79 Å². The number of carbonyl (C=O) groups excluding carboxylic acids is 4. The Morgan fingerprint density at radius 2 is 1.07 bits per heavy atom. The first-order valence-electron chi connectivity index (χ1n) is 15.9. The van der Waals surface area contributed by atoms with E-state index in [4.69, 9.17) is 5.11 Å². The Morgan fingerprint density at radius 1 is 0.630 bits per heavy atom. The monoisotopic (exact) mass is 675 g/mol. The third-order valence-electron chi connectivity index (χ3n) is 6.04. The van der Waals surface area contributed by atoms with Crippen LogP contribution in [0.1, 0.15) is 85.0 Å². The van der Waals surface area contributed by atoms with Gasteiger partial charge in [0.1, 0.15) is 17.9 Å². The predicted molar refractivity (Wildman–Crippen MR) is 192 cm³/mol. The van der Waals surface area contributed by atoms with E-state index in [1.807, 2.05) is 6.08 Å². The molecule has 46 heavy (non-hydrogen) atoms. The van der Waals surface area contributed by atoms with E-state index in [1.165, 1.54) is 35.4 Å². The number of carboxylic acid groups (broad SMARTS) is 1. The topological polar surface area (TPSA) is 142 Å². The number of amides is 3. The molecule has 0 aliphatic rings. The van der Waals surface area contributed by atoms with Crippen molar-refractivity contribution in [2.45, 2.75) is 97.1 Å². The van der Waals surface area contributed by atoms with Crippen LogP contribution in [0.4, 0.5) is 0 Å². The summed E-state index contributed by atoms with van der Waals surface area (Å²) < 4.78 is 0. The number of carbonyl (C=O) groups is 5. The lowest BCUT2D eigenvalue weighted by molar-refractivity contribution is -0.140. The van der Waals surface area contributed by atoms with Crippen molar-refractivity contribution in [3.05, 3.63) is 72.9 Å². The van der Waals surface area contributed by atoms with E-state index in [1.54, 1.807) is 0 Å². The van der Waals surface area contributed by atoms with E-state index >= 15 is 0 Å². The predicted octanol–water partition coefficient (Wildman–Crippen LogP) is 6.41. The number of hydrogen-bond donors (Lipinski definition) is 4. The minimum atomic E-state index is -1.15. The molecule has 4 N–H and O–H groups in total. The van der Waals surface area contributed by atoms with Gasteiger partial charge in [0.15, 0.2) is 0 Å². The molecule has 11 heteroatoms. The molecule has 9 nitrogen and oxygen atoms in total. The average molecular weight is 676 g/mol. The first kappa shape index (κ1) is 42.7. The fourth-order valence-electron chi connectivity index (χ4n) is 3.71. The van der Waals surface area contributed by atoms with Gasteiger partial charge in [-0.2, -0.15) is 0 Å². The summed E-state index contributed by atoms with van der Waals surface area (Å²) in [7, 11) is 2.41. The van der Waals surface area contributed by atoms with Crippen LogP contribution in [0.25, 0.3) is 0 Å². The number of carboxylic acids is 1. The summed E-state index contributed by atoms with van der Waals surface area (Å²) in [5.41, 5.74) is 0. The van der Waals surface area contributed by atoms with Crippen LogP contribution >= 0.6 is 21.6 Å². The molecule has 256 valence electrons. The van der Waals surface area contributed by atoms with E-state index in [2.05, 4.69) is 89.7 Å². The molecule has 0 aromatic carbocycles. The van der Waals surface area contributed by atoms with Crippen molar-refractivity contribution in [3.63, 3.8) is 0 Å². The summed E-state index contributed by atoms with van der Waals surface area (Å²) in [5, 5.41) is 16.9. The molecule has 0 radical (unpaired) electrons. The number of rotatable bonds is 27. The smallest absolute Gasteiger partial charge is 0.327 e. The summed E-state index contributed by atoms with van der Waals surface area (Å²) in [5.74, 6) is -1.87. The van der Waals surface area contributed by atoms with Gasteiger partial charge in [0.25, 0.3) is 0 Å². The summed E-state index contributed by atoms with van der Waals surface area (Å²) >= 11 is 0. The van der Waals surface area contributed by atoms with E-state index < -0.39 is 24.0 Å². The van der Waals surface area contributed by atoms with Gasteiger partial charge in [-0.1, -0.05) is 101 Å². The Balaban J connectivity index is 4.06. The number of ketones is 1. The highest BCUT2D eigenvalue weighted by Crippen LogP contribution is 2.23. The summed E-state index contributed by atoms with van der Waals surface area (Å²) in [4.78, 5) is 58.6. The maximum atomic E-state index is 12.6. The molecule has 0 saturated carbocycles. The number of allylic oxidation sites excluding steroid dienone is 12. The SMILES string of the molecule is CC/C=C\C/C=C\C/C=C\C/C=C\C/C=C\C/C=C\CCC(=O)CCCNC(=O)[C@H](CSSC[C@H](NC(C)=O)C(=O)O)NC(C)=O. The van der Waals surface area contributed by atoms with E-state index in [0.717, 1.165) is 38.5 Å². The zero-order valence-electron chi connectivity index (χ0n) is 27.6. The summed E-state index contributed by atoms with van der Waals surface area (Å²) in [6, 6.07) is -1.84. The van der Waals surface area contributed by atoms with Crippen LogP contribution < -0.4 is 16.0 Å². The molecule has 0 unspecified atom stereocenters. The van der Waals surface area contributed by atoms with Gasteiger partial charge < -0.3 is 21.1 Å². The van der Waals surface area contributed by atoms with Gasteiger partial charge in [0.2, 0.25) is 17.7 Å². The van der Waals surface area contributed by atoms with Crippen LogP contribution in [0.3, 0.4) is 0 Å². The molecule has 0 rings (SSSR count). The molecule has 0 aromatic heterocycles. The molecule has 0 fully saturated rings. The molecule has 3 amide bonds. The lowest BCUT2D eigenvalue weighted by Crippen LogP contribution is -2.47. The zero-order chi connectivity index (χ0) is 34.3. The molecule has 2 atom stereocenters. The molecular formula is C35H53N3O6S2. The van der Waals surface area contributed by atoms with Gasteiger partial charge >= 0.3 is 5.97 Å². The number of Topliss-reactive ketones (excluding diaryl/α,β-unsaturated/α-hetero) is 1. The van der Waals surface area contributed by atoms with E-state index in [0.29, 0.717) is 32.2 Å². The lowest BCUT2D eigenvalue weighted by Gasteiger charge is -2.18. The Morgan fingerprint density at radius 3 is 1.52 bits per heavy atom. The van der Waals surface area contributed by atoms with Crippen molar-refractivity contribution in [1.29, 1.82) is 0 Å². The second-order valence-corrected chi connectivity index (χ2v) is 12.9. The zero-order valence-corrected chi connectivity index (χ0v) is 29.2. The fourth-order valence-corrected chi connectivity index (χ4v) is 6.03. The highest BCUT2D eigenvalue weighted by Gasteiger charge is 2.22. The molecule has 0 aromatic rings. The molecule has 0 saturated heterocycles. The van der Waals surface area contributed by atoms with E-state index in [9.17, 15) is 24.0 Å². The van der Waals surface area contributed by atoms with Crippen LogP contribution in [0.2, 0.25) is 0 Å². The highest BCUT2D eigenvalue weighted by atomic mass is 33.1. The summed E-state index contributed by atoms with van der Waals surface area (Å²) in [6.45, 7) is 5.00. The van der Waals surface area contributed by atoms with Crippen molar-refractivity contribution >= 4 is 51.1 Å². The van der Waals surface area contributed by atoms with Crippen molar-refractivity contribution in [2.24, 2.45) is 0 Å². The largest absolute Gasteiger partial charge is 0.480 e. The molecule has 0 aliphatic carbocycles. The van der Waals surface area contributed by atoms with Crippen molar-refractivity contribution in [2.75, 3.05) is 18.1 Å². The quantitative estimate of drug-likeness (QED) is 0.0445. The van der Waals surface area contributed by atoms with Crippen LogP contribution in [-0.2, 0) is 24.0 Å². The van der Waals surface area contributed by atoms with Crippen LogP contribution in [0.15, 0.2) is 72.9 Å². The first-order valence-corrected chi connectivity index (χ1v) is 18.4. The standard InChI is InChI=1S/C35H53N3O6S2/c1-4-5-6-7-8-9-10-11-12-13-14-15-16-17-18-19-20-21-22-24-31(41)25-23-26-36-34(42)32(37-29(2)39)27-45-46-28-33(35(43)44)38-30(3)40/h5-6,8-9,11-12,14-15,17-18,20-21,32-33H,4,7,10,13,16,19,22-28H2,1-3H3,(H,36,42)(H,37,39)(H,38,40)(H,43,44)/b6-5-,9-8-,12-11-,15-14-,18-17-,21-20-/t32-,33-/m0/s1. The Kier molecular flexibility index (Phi) is 28.2. The maximum Gasteiger partial charge on any atom is 0.327 e. The van der Waals surface area contributed by atoms with Crippen molar-refractivity contribution < 1.29 is 29.1 Å². The maximum absolute atomic E-state index is 12.6. The van der Waals surface area contributed by atoms with Crippen LogP contribution in [-0.4, -0.2) is 64.7 Å². The van der Waals surface area contributed by atoms with Gasteiger partial charge in [-0.05, 0) is 51.4 Å². The van der Waals surface area contributed by atoms with Gasteiger partial charge in [0.05, 0.1) is 0 Å². The van der Waals surface area contributed by atoms with Crippen LogP contribution in [0, 0.1) is 0 Å². The first-order chi connectivity index (χ1) is 22.2. The number of aliphatic carboxylic acids is 1. The molecule has 0 spiro atoms. The molecule has 0 bridgehead atoms. The minimum absolute atomic E-state index is 0.106. The van der Waals surface area contributed by atoms with E-state index in [-0.39, 0.29) is 29.1 Å². The van der Waals surface area contributed by atoms with Gasteiger partial charge in [0, 0.05) is 44.7 Å².